The van der Waals surface area contributed by atoms with Crippen LogP contribution in [0.4, 0.5) is 11.4 Å². The number of benzene rings is 4. The fraction of sp³-hybridized carbons (Fsp3) is 0.294. The van der Waals surface area contributed by atoms with Crippen LogP contribution >= 0.6 is 34.8 Å². The molecule has 0 aliphatic carbocycles. The van der Waals surface area contributed by atoms with Crippen molar-refractivity contribution in [2.75, 3.05) is 9.80 Å². The highest BCUT2D eigenvalue weighted by Gasteiger charge is 2.56. The molecule has 1 aliphatic rings. The summed E-state index contributed by atoms with van der Waals surface area (Å²) >= 11 is 21.2. The van der Waals surface area contributed by atoms with Gasteiger partial charge in [0.25, 0.3) is 0 Å². The Morgan fingerprint density at radius 2 is 0.821 bits per heavy atom. The molecule has 5 rings (SSSR count). The smallest absolute Gasteiger partial charge is 0.228 e. The molecule has 0 N–H and O–H groups in total. The average molecular weight is 578 g/mol. The number of halogens is 3. The number of alkyl halides is 3. The van der Waals surface area contributed by atoms with Gasteiger partial charge in [0.05, 0.1) is 12.1 Å². The van der Waals surface area contributed by atoms with Crippen molar-refractivity contribution in [3.63, 3.8) is 0 Å². The van der Waals surface area contributed by atoms with E-state index in [0.29, 0.717) is 0 Å². The van der Waals surface area contributed by atoms with Gasteiger partial charge in [-0.05, 0) is 74.9 Å². The van der Waals surface area contributed by atoms with Crippen molar-refractivity contribution in [2.24, 2.45) is 0 Å². The second-order valence-electron chi connectivity index (χ2n) is 10.9. The molecule has 0 spiro atoms. The number of hydrogen-bond acceptors (Lipinski definition) is 2. The lowest BCUT2D eigenvalue weighted by Crippen LogP contribution is -2.50. The standard InChI is InChI=1S/C34H35Cl3N2/c1-21-17-23(3)29(24(4)18-21)38-31(27-13-9-7-10-14-27)32(28-15-11-8-12-16-28)39(33(38)34(35,36)37)30-25(5)19-22(2)20-26(30)6/h7-20,31-33H,1-6H3/t31-,32-/m1/s1. The van der Waals surface area contributed by atoms with Gasteiger partial charge < -0.3 is 9.80 Å². The van der Waals surface area contributed by atoms with E-state index >= 15 is 0 Å². The zero-order chi connectivity index (χ0) is 28.1. The van der Waals surface area contributed by atoms with Crippen LogP contribution < -0.4 is 9.80 Å². The molecular weight excluding hydrogens is 543 g/mol. The van der Waals surface area contributed by atoms with E-state index in [0.717, 1.165) is 11.4 Å². The van der Waals surface area contributed by atoms with Gasteiger partial charge in [-0.25, -0.2) is 0 Å². The van der Waals surface area contributed by atoms with Crippen LogP contribution in [-0.2, 0) is 0 Å². The molecule has 0 saturated carbocycles. The van der Waals surface area contributed by atoms with Gasteiger partial charge in [0.1, 0.15) is 0 Å². The van der Waals surface area contributed by atoms with Crippen molar-refractivity contribution in [3.8, 4) is 0 Å². The molecule has 5 heteroatoms. The van der Waals surface area contributed by atoms with E-state index in [1.54, 1.807) is 0 Å². The van der Waals surface area contributed by atoms with Crippen LogP contribution in [0.1, 0.15) is 56.6 Å². The zero-order valence-electron chi connectivity index (χ0n) is 23.3. The SMILES string of the molecule is Cc1cc(C)c(N2C(C(Cl)(Cl)Cl)N(c3c(C)cc(C)cc3C)[C@H](c3ccccc3)[C@H]2c2ccccc2)c(C)c1. The molecule has 4 aromatic rings. The molecule has 1 saturated heterocycles. The van der Waals surface area contributed by atoms with Crippen molar-refractivity contribution in [2.45, 2.75) is 63.6 Å². The molecular formula is C34H35Cl3N2. The van der Waals surface area contributed by atoms with Gasteiger partial charge in [0.15, 0.2) is 6.17 Å². The summed E-state index contributed by atoms with van der Waals surface area (Å²) in [7, 11) is 0. The summed E-state index contributed by atoms with van der Waals surface area (Å²) in [6, 6.07) is 29.9. The number of rotatable bonds is 4. The van der Waals surface area contributed by atoms with Gasteiger partial charge in [-0.3, -0.25) is 0 Å². The van der Waals surface area contributed by atoms with Crippen molar-refractivity contribution < 1.29 is 0 Å². The minimum absolute atomic E-state index is 0.116. The molecule has 1 aliphatic heterocycles. The molecule has 39 heavy (non-hydrogen) atoms. The second kappa shape index (κ2) is 10.7. The van der Waals surface area contributed by atoms with Crippen molar-refractivity contribution in [1.29, 1.82) is 0 Å². The summed E-state index contributed by atoms with van der Waals surface area (Å²) < 4.78 is -1.62. The third-order valence-corrected chi connectivity index (χ3v) is 8.37. The fourth-order valence-corrected chi connectivity index (χ4v) is 7.36. The molecule has 0 radical (unpaired) electrons. The minimum atomic E-state index is -1.62. The highest BCUT2D eigenvalue weighted by molar-refractivity contribution is 6.68. The van der Waals surface area contributed by atoms with Crippen molar-refractivity contribution in [1.82, 2.24) is 0 Å². The van der Waals surface area contributed by atoms with Crippen molar-refractivity contribution >= 4 is 46.2 Å². The Labute approximate surface area is 248 Å². The van der Waals surface area contributed by atoms with E-state index in [4.69, 9.17) is 34.8 Å². The molecule has 1 fully saturated rings. The molecule has 0 aromatic heterocycles. The third kappa shape index (κ3) is 5.15. The highest BCUT2D eigenvalue weighted by Crippen LogP contribution is 2.57. The first-order chi connectivity index (χ1) is 18.5. The zero-order valence-corrected chi connectivity index (χ0v) is 25.6. The van der Waals surface area contributed by atoms with Crippen LogP contribution in [0.3, 0.4) is 0 Å². The fourth-order valence-electron chi connectivity index (χ4n) is 6.73. The van der Waals surface area contributed by atoms with Gasteiger partial charge in [-0.2, -0.15) is 0 Å². The largest absolute Gasteiger partial charge is 0.337 e. The normalized spacial score (nSPS) is 18.2. The Kier molecular flexibility index (Phi) is 7.68. The van der Waals surface area contributed by atoms with Gasteiger partial charge in [-0.15, -0.1) is 0 Å². The summed E-state index contributed by atoms with van der Waals surface area (Å²) in [5.41, 5.74) is 11.7. The molecule has 202 valence electrons. The number of hydrogen-bond donors (Lipinski definition) is 0. The van der Waals surface area contributed by atoms with E-state index in [2.05, 4.69) is 136 Å². The van der Waals surface area contributed by atoms with Gasteiger partial charge in [-0.1, -0.05) is 131 Å². The molecule has 0 amide bonds. The Balaban J connectivity index is 1.91. The predicted molar refractivity (Wildman–Crippen MR) is 169 cm³/mol. The molecule has 4 aromatic carbocycles. The van der Waals surface area contributed by atoms with Gasteiger partial charge in [0.2, 0.25) is 3.79 Å². The van der Waals surface area contributed by atoms with Crippen LogP contribution in [0.2, 0.25) is 0 Å². The Hall–Kier alpha value is -2.65. The van der Waals surface area contributed by atoms with E-state index in [1.165, 1.54) is 44.5 Å². The third-order valence-electron chi connectivity index (χ3n) is 7.79. The van der Waals surface area contributed by atoms with E-state index in [9.17, 15) is 0 Å². The summed E-state index contributed by atoms with van der Waals surface area (Å²) in [4.78, 5) is 4.76. The van der Waals surface area contributed by atoms with Crippen LogP contribution in [0.25, 0.3) is 0 Å². The molecule has 2 atom stereocenters. The first-order valence-electron chi connectivity index (χ1n) is 13.4. The Morgan fingerprint density at radius 3 is 1.10 bits per heavy atom. The lowest BCUT2D eigenvalue weighted by molar-refractivity contribution is 0.616. The molecule has 1 heterocycles. The maximum atomic E-state index is 7.05. The van der Waals surface area contributed by atoms with Gasteiger partial charge in [0, 0.05) is 11.4 Å². The number of aryl methyl sites for hydroxylation is 6. The lowest BCUT2D eigenvalue weighted by atomic mass is 9.91. The van der Waals surface area contributed by atoms with E-state index in [1.807, 2.05) is 0 Å². The number of nitrogens with zero attached hydrogens (tertiary/aromatic N) is 2. The predicted octanol–water partition coefficient (Wildman–Crippen LogP) is 10.0. The summed E-state index contributed by atoms with van der Waals surface area (Å²) in [5.74, 6) is 0. The minimum Gasteiger partial charge on any atom is -0.337 e. The molecule has 2 nitrogen and oxygen atoms in total. The first kappa shape index (κ1) is 27.9. The summed E-state index contributed by atoms with van der Waals surface area (Å²) in [6.07, 6.45) is -0.571. The average Bonchev–Trinajstić information content (AvgIpc) is 3.19. The first-order valence-corrected chi connectivity index (χ1v) is 14.5. The maximum Gasteiger partial charge on any atom is 0.228 e. The Bertz CT molecular complexity index is 1320. The topological polar surface area (TPSA) is 6.48 Å². The van der Waals surface area contributed by atoms with Gasteiger partial charge >= 0.3 is 0 Å². The molecule has 0 bridgehead atoms. The van der Waals surface area contributed by atoms with E-state index < -0.39 is 9.96 Å². The quantitative estimate of drug-likeness (QED) is 0.223. The van der Waals surface area contributed by atoms with Crippen LogP contribution in [-0.4, -0.2) is 9.96 Å². The summed E-state index contributed by atoms with van der Waals surface area (Å²) in [5, 5.41) is 0. The number of anilines is 2. The highest BCUT2D eigenvalue weighted by atomic mass is 35.6. The lowest BCUT2D eigenvalue weighted by Gasteiger charge is -2.41. The van der Waals surface area contributed by atoms with Crippen molar-refractivity contribution in [3.05, 3.63) is 129 Å². The monoisotopic (exact) mass is 576 g/mol. The van der Waals surface area contributed by atoms with Crippen LogP contribution in [0, 0.1) is 41.5 Å². The van der Waals surface area contributed by atoms with Crippen LogP contribution in [0.5, 0.6) is 0 Å². The van der Waals surface area contributed by atoms with Crippen LogP contribution in [0.15, 0.2) is 84.9 Å². The van der Waals surface area contributed by atoms with E-state index in [-0.39, 0.29) is 12.1 Å². The second-order valence-corrected chi connectivity index (χ2v) is 13.3. The maximum absolute atomic E-state index is 7.05. The Morgan fingerprint density at radius 1 is 0.513 bits per heavy atom. The molecule has 0 unspecified atom stereocenters. The summed E-state index contributed by atoms with van der Waals surface area (Å²) in [6.45, 7) is 12.9.